The smallest absolute Gasteiger partial charge is 0.193 e. The highest BCUT2D eigenvalue weighted by Gasteiger charge is 2.09. The van der Waals surface area contributed by atoms with E-state index < -0.39 is 0 Å². The van der Waals surface area contributed by atoms with Crippen LogP contribution in [0.3, 0.4) is 0 Å². The van der Waals surface area contributed by atoms with E-state index in [-0.39, 0.29) is 5.78 Å². The van der Waals surface area contributed by atoms with Gasteiger partial charge in [-0.3, -0.25) is 4.79 Å². The molecule has 0 fully saturated rings. The fraction of sp³-hybridized carbons (Fsp3) is 0.136. The van der Waals surface area contributed by atoms with E-state index in [0.717, 1.165) is 23.5 Å². The summed E-state index contributed by atoms with van der Waals surface area (Å²) in [5.74, 6) is 1.54. The average molecular weight is 316 g/mol. The summed E-state index contributed by atoms with van der Waals surface area (Å²) in [6, 6.07) is 23.0. The van der Waals surface area contributed by atoms with E-state index in [9.17, 15) is 4.79 Å². The van der Waals surface area contributed by atoms with Gasteiger partial charge in [-0.1, -0.05) is 42.8 Å². The van der Waals surface area contributed by atoms with Crippen LogP contribution in [0.1, 0.15) is 34.0 Å². The van der Waals surface area contributed by atoms with Crippen LogP contribution >= 0.6 is 0 Å². The third-order valence-corrected chi connectivity index (χ3v) is 3.97. The van der Waals surface area contributed by atoms with Gasteiger partial charge in [-0.25, -0.2) is 0 Å². The number of hydrogen-bond acceptors (Lipinski definition) is 2. The Kier molecular flexibility index (Phi) is 4.76. The monoisotopic (exact) mass is 316 g/mol. The number of hydrogen-bond donors (Lipinski definition) is 0. The van der Waals surface area contributed by atoms with Crippen LogP contribution in [0.2, 0.25) is 0 Å². The molecule has 0 saturated carbocycles. The molecule has 3 aromatic carbocycles. The van der Waals surface area contributed by atoms with Crippen molar-refractivity contribution in [1.82, 2.24) is 0 Å². The summed E-state index contributed by atoms with van der Waals surface area (Å²) in [5.41, 5.74) is 3.75. The minimum absolute atomic E-state index is 0.0344. The number of rotatable bonds is 5. The largest absolute Gasteiger partial charge is 0.457 e. The molecular formula is C22H20O2. The molecule has 3 rings (SSSR count). The third kappa shape index (κ3) is 3.72. The zero-order valence-corrected chi connectivity index (χ0v) is 14.0. The number of carbonyl (C=O) groups is 1. The number of benzene rings is 3. The lowest BCUT2D eigenvalue weighted by atomic mass is 10.0. The summed E-state index contributed by atoms with van der Waals surface area (Å²) < 4.78 is 5.80. The van der Waals surface area contributed by atoms with Gasteiger partial charge < -0.3 is 4.74 Å². The molecule has 0 heterocycles. The first kappa shape index (κ1) is 16.0. The van der Waals surface area contributed by atoms with Crippen LogP contribution in [-0.4, -0.2) is 5.78 Å². The molecule has 0 radical (unpaired) electrons. The minimum atomic E-state index is 0.0344. The van der Waals surface area contributed by atoms with Crippen molar-refractivity contribution in [3.63, 3.8) is 0 Å². The lowest BCUT2D eigenvalue weighted by molar-refractivity contribution is 0.103. The summed E-state index contributed by atoms with van der Waals surface area (Å²) in [6.07, 6.45) is 0.921. The molecule has 2 heteroatoms. The Bertz CT molecular complexity index is 831. The molecule has 0 aliphatic heterocycles. The Morgan fingerprint density at radius 1 is 0.833 bits per heavy atom. The van der Waals surface area contributed by atoms with E-state index in [2.05, 4.69) is 6.92 Å². The Balaban J connectivity index is 1.76. The minimum Gasteiger partial charge on any atom is -0.457 e. The third-order valence-electron chi connectivity index (χ3n) is 3.97. The van der Waals surface area contributed by atoms with Gasteiger partial charge in [0.25, 0.3) is 0 Å². The molecule has 2 nitrogen and oxygen atoms in total. The van der Waals surface area contributed by atoms with Gasteiger partial charge in [0.05, 0.1) is 0 Å². The zero-order chi connectivity index (χ0) is 16.9. The number of ether oxygens (including phenoxy) is 1. The van der Waals surface area contributed by atoms with Crippen LogP contribution in [0.25, 0.3) is 0 Å². The summed E-state index contributed by atoms with van der Waals surface area (Å²) >= 11 is 0. The molecule has 0 unspecified atom stereocenters. The van der Waals surface area contributed by atoms with Gasteiger partial charge >= 0.3 is 0 Å². The molecule has 24 heavy (non-hydrogen) atoms. The van der Waals surface area contributed by atoms with Gasteiger partial charge in [0, 0.05) is 11.1 Å². The first-order valence-electron chi connectivity index (χ1n) is 8.14. The van der Waals surface area contributed by atoms with Crippen molar-refractivity contribution in [2.75, 3.05) is 0 Å². The van der Waals surface area contributed by atoms with Crippen molar-refractivity contribution >= 4 is 5.78 Å². The fourth-order valence-corrected chi connectivity index (χ4v) is 2.52. The first-order chi connectivity index (χ1) is 11.7. The number of aryl methyl sites for hydroxylation is 2. The number of ketones is 1. The molecule has 0 saturated heterocycles. The second-order valence-corrected chi connectivity index (χ2v) is 5.82. The van der Waals surface area contributed by atoms with E-state index in [1.54, 1.807) is 0 Å². The van der Waals surface area contributed by atoms with E-state index >= 15 is 0 Å². The highest BCUT2D eigenvalue weighted by atomic mass is 16.5. The molecule has 0 amide bonds. The molecule has 0 aliphatic carbocycles. The van der Waals surface area contributed by atoms with Crippen molar-refractivity contribution in [3.05, 3.63) is 95.1 Å². The highest BCUT2D eigenvalue weighted by molar-refractivity contribution is 6.09. The highest BCUT2D eigenvalue weighted by Crippen LogP contribution is 2.23. The van der Waals surface area contributed by atoms with Gasteiger partial charge in [0.1, 0.15) is 11.5 Å². The van der Waals surface area contributed by atoms with Crippen LogP contribution in [-0.2, 0) is 6.42 Å². The van der Waals surface area contributed by atoms with Gasteiger partial charge in [-0.15, -0.1) is 0 Å². The normalized spacial score (nSPS) is 10.4. The quantitative estimate of drug-likeness (QED) is 0.574. The second kappa shape index (κ2) is 7.14. The van der Waals surface area contributed by atoms with Crippen LogP contribution in [0.4, 0.5) is 0 Å². The predicted molar refractivity (Wildman–Crippen MR) is 96.9 cm³/mol. The maximum absolute atomic E-state index is 12.6. The van der Waals surface area contributed by atoms with E-state index in [1.807, 2.05) is 79.7 Å². The molecular weight excluding hydrogens is 296 g/mol. The van der Waals surface area contributed by atoms with Crippen molar-refractivity contribution in [1.29, 1.82) is 0 Å². The first-order valence-corrected chi connectivity index (χ1v) is 8.14. The number of carbonyl (C=O) groups excluding carboxylic acids is 1. The van der Waals surface area contributed by atoms with E-state index in [1.165, 1.54) is 11.1 Å². The molecule has 0 spiro atoms. The Morgan fingerprint density at radius 3 is 2.08 bits per heavy atom. The summed E-state index contributed by atoms with van der Waals surface area (Å²) in [6.45, 7) is 4.12. The van der Waals surface area contributed by atoms with Crippen molar-refractivity contribution < 1.29 is 9.53 Å². The molecule has 0 N–H and O–H groups in total. The van der Waals surface area contributed by atoms with Crippen LogP contribution in [0.5, 0.6) is 11.5 Å². The summed E-state index contributed by atoms with van der Waals surface area (Å²) in [7, 11) is 0. The standard InChI is InChI=1S/C22H20O2/c1-3-17-5-4-6-19(15-17)22(23)18-9-13-21(14-10-18)24-20-11-7-16(2)8-12-20/h4-15H,3H2,1-2H3. The van der Waals surface area contributed by atoms with Crippen LogP contribution < -0.4 is 4.74 Å². The maximum Gasteiger partial charge on any atom is 0.193 e. The maximum atomic E-state index is 12.6. The van der Waals surface area contributed by atoms with Gasteiger partial charge in [0.15, 0.2) is 5.78 Å². The molecule has 0 bridgehead atoms. The Hall–Kier alpha value is -2.87. The topological polar surface area (TPSA) is 26.3 Å². The van der Waals surface area contributed by atoms with E-state index in [0.29, 0.717) is 5.56 Å². The summed E-state index contributed by atoms with van der Waals surface area (Å²) in [5, 5.41) is 0. The molecule has 0 atom stereocenters. The van der Waals surface area contributed by atoms with Crippen molar-refractivity contribution in [2.45, 2.75) is 20.3 Å². The second-order valence-electron chi connectivity index (χ2n) is 5.82. The summed E-state index contributed by atoms with van der Waals surface area (Å²) in [4.78, 5) is 12.6. The molecule has 120 valence electrons. The Morgan fingerprint density at radius 2 is 1.46 bits per heavy atom. The van der Waals surface area contributed by atoms with Gasteiger partial charge in [-0.2, -0.15) is 0 Å². The lowest BCUT2D eigenvalue weighted by Crippen LogP contribution is -2.01. The molecule has 0 aromatic heterocycles. The zero-order valence-electron chi connectivity index (χ0n) is 14.0. The molecule has 3 aromatic rings. The van der Waals surface area contributed by atoms with Gasteiger partial charge in [0.2, 0.25) is 0 Å². The van der Waals surface area contributed by atoms with Crippen molar-refractivity contribution in [2.24, 2.45) is 0 Å². The Labute approximate surface area is 142 Å². The van der Waals surface area contributed by atoms with Crippen LogP contribution in [0, 0.1) is 6.92 Å². The fourth-order valence-electron chi connectivity index (χ4n) is 2.52. The average Bonchev–Trinajstić information content (AvgIpc) is 2.64. The predicted octanol–water partition coefficient (Wildman–Crippen LogP) is 5.58. The molecule has 0 aliphatic rings. The lowest BCUT2D eigenvalue weighted by Gasteiger charge is -2.07. The van der Waals surface area contributed by atoms with E-state index in [4.69, 9.17) is 4.74 Å². The van der Waals surface area contributed by atoms with Crippen molar-refractivity contribution in [3.8, 4) is 11.5 Å². The van der Waals surface area contributed by atoms with Gasteiger partial charge in [-0.05, 0) is 61.4 Å². The SMILES string of the molecule is CCc1cccc(C(=O)c2ccc(Oc3ccc(C)cc3)cc2)c1. The van der Waals surface area contributed by atoms with Crippen LogP contribution in [0.15, 0.2) is 72.8 Å².